The summed E-state index contributed by atoms with van der Waals surface area (Å²) in [6, 6.07) is 9.98. The largest absolute Gasteiger partial charge is 0.502 e. The number of nitro benzene ring substituents is 1. The minimum atomic E-state index is -0.476. The van der Waals surface area contributed by atoms with Crippen LogP contribution in [-0.2, 0) is 0 Å². The normalized spacial score (nSPS) is 11.4. The quantitative estimate of drug-likeness (QED) is 0.158. The van der Waals surface area contributed by atoms with E-state index in [2.05, 4.69) is 11.9 Å². The Balaban J connectivity index is 2.61. The molecule has 1 aromatic heterocycles. The number of hydrogen-bond acceptors (Lipinski definition) is 4. The maximum Gasteiger partial charge on any atom is 0.288 e. The first kappa shape index (κ1) is 18.3. The van der Waals surface area contributed by atoms with Gasteiger partial charge in [-0.15, -0.1) is 6.58 Å². The summed E-state index contributed by atoms with van der Waals surface area (Å²) >= 11 is 5.38. The molecule has 0 radical (unpaired) electrons. The van der Waals surface area contributed by atoms with E-state index < -0.39 is 4.92 Å². The van der Waals surface area contributed by atoms with E-state index in [9.17, 15) is 15.2 Å². The lowest BCUT2D eigenvalue weighted by Crippen LogP contribution is -2.40. The van der Waals surface area contributed by atoms with E-state index in [1.807, 2.05) is 6.07 Å². The number of nitro groups is 1. The third kappa shape index (κ3) is 4.27. The summed E-state index contributed by atoms with van der Waals surface area (Å²) in [4.78, 5) is 11.0. The molecular weight excluding hydrogens is 338 g/mol. The van der Waals surface area contributed by atoms with Crippen molar-refractivity contribution < 1.29 is 14.6 Å². The van der Waals surface area contributed by atoms with Gasteiger partial charge in [0.2, 0.25) is 0 Å². The fourth-order valence-corrected chi connectivity index (χ4v) is 2.52. The molecule has 0 fully saturated rings. The molecular formula is C18H18N3O3S+. The monoisotopic (exact) mass is 356 g/mol. The molecule has 25 heavy (non-hydrogen) atoms. The van der Waals surface area contributed by atoms with Crippen molar-refractivity contribution in [2.45, 2.75) is 6.92 Å². The number of aryl methyl sites for hydroxylation is 1. The Morgan fingerprint density at radius 1 is 1.40 bits per heavy atom. The molecule has 0 spiro atoms. The first-order chi connectivity index (χ1) is 12.0. The number of benzene rings is 1. The van der Waals surface area contributed by atoms with E-state index >= 15 is 0 Å². The van der Waals surface area contributed by atoms with Crippen molar-refractivity contribution in [1.82, 2.24) is 5.32 Å². The van der Waals surface area contributed by atoms with Gasteiger partial charge in [-0.2, -0.15) is 4.57 Å². The lowest BCUT2D eigenvalue weighted by molar-refractivity contribution is -0.576. The van der Waals surface area contributed by atoms with Gasteiger partial charge in [-0.1, -0.05) is 36.5 Å². The fourth-order valence-electron chi connectivity index (χ4n) is 2.23. The highest BCUT2D eigenvalue weighted by Gasteiger charge is 2.24. The zero-order valence-electron chi connectivity index (χ0n) is 13.7. The number of aromatic nitrogens is 1. The Morgan fingerprint density at radius 3 is 2.68 bits per heavy atom. The van der Waals surface area contributed by atoms with E-state index in [1.165, 1.54) is 6.07 Å². The Bertz CT molecular complexity index is 848. The van der Waals surface area contributed by atoms with Crippen molar-refractivity contribution in [2.75, 3.05) is 6.54 Å². The van der Waals surface area contributed by atoms with Gasteiger partial charge in [0, 0.05) is 35.9 Å². The zero-order valence-corrected chi connectivity index (χ0v) is 14.5. The minimum Gasteiger partial charge on any atom is -0.502 e. The van der Waals surface area contributed by atoms with Crippen LogP contribution >= 0.6 is 12.2 Å². The number of aliphatic hydroxyl groups excluding tert-OH is 1. The predicted octanol–water partition coefficient (Wildman–Crippen LogP) is 3.18. The van der Waals surface area contributed by atoms with Crippen LogP contribution in [0.3, 0.4) is 0 Å². The van der Waals surface area contributed by atoms with Gasteiger partial charge < -0.3 is 10.4 Å². The van der Waals surface area contributed by atoms with E-state index in [4.69, 9.17) is 12.2 Å². The molecule has 6 nitrogen and oxygen atoms in total. The number of aliphatic hydroxyl groups is 1. The average molecular weight is 356 g/mol. The number of nitrogens with one attached hydrogen (secondary N) is 1. The number of pyridine rings is 1. The predicted molar refractivity (Wildman–Crippen MR) is 101 cm³/mol. The van der Waals surface area contributed by atoms with Crippen LogP contribution in [0.5, 0.6) is 0 Å². The van der Waals surface area contributed by atoms with Crippen LogP contribution in [0.1, 0.15) is 11.1 Å². The van der Waals surface area contributed by atoms with Gasteiger partial charge >= 0.3 is 0 Å². The highest BCUT2D eigenvalue weighted by Crippen LogP contribution is 2.24. The summed E-state index contributed by atoms with van der Waals surface area (Å²) in [5.41, 5.74) is 1.09. The van der Waals surface area contributed by atoms with Crippen molar-refractivity contribution in [1.29, 1.82) is 0 Å². The van der Waals surface area contributed by atoms with E-state index in [0.29, 0.717) is 28.4 Å². The van der Waals surface area contributed by atoms with Gasteiger partial charge in [0.1, 0.15) is 0 Å². The second-order valence-corrected chi connectivity index (χ2v) is 5.65. The summed E-state index contributed by atoms with van der Waals surface area (Å²) in [7, 11) is 0. The van der Waals surface area contributed by atoms with Crippen LogP contribution in [0.4, 0.5) is 5.69 Å². The molecule has 0 atom stereocenters. The lowest BCUT2D eigenvalue weighted by Gasteiger charge is -2.09. The molecule has 0 aliphatic carbocycles. The SMILES string of the molecule is C=CCNC(=S)/C(=C(/O)c1ccc(C)c([N+](=O)[O-])c1)[n+]1ccccc1. The number of hydrogen-bond donors (Lipinski definition) is 2. The summed E-state index contributed by atoms with van der Waals surface area (Å²) < 4.78 is 1.65. The van der Waals surface area contributed by atoms with Crippen LogP contribution in [0.25, 0.3) is 11.5 Å². The Hall–Kier alpha value is -3.06. The number of rotatable bonds is 6. The van der Waals surface area contributed by atoms with Crippen molar-refractivity contribution in [3.63, 3.8) is 0 Å². The summed E-state index contributed by atoms with van der Waals surface area (Å²) in [5.74, 6) is -0.152. The van der Waals surface area contributed by atoms with Gasteiger partial charge in [0.15, 0.2) is 23.1 Å². The molecule has 0 aliphatic rings. The zero-order chi connectivity index (χ0) is 18.4. The Morgan fingerprint density at radius 2 is 2.08 bits per heavy atom. The highest BCUT2D eigenvalue weighted by atomic mass is 32.1. The summed E-state index contributed by atoms with van der Waals surface area (Å²) in [6.45, 7) is 5.70. The molecule has 0 aliphatic heterocycles. The standard InChI is InChI=1S/C18H17N3O3S/c1-3-9-19-18(25)16(20-10-5-4-6-11-20)17(22)14-8-7-13(2)15(12-14)21(23)24/h3-8,10-12H,1,9H2,2H3,(H-,19,22,25)/p+1. The molecule has 0 saturated carbocycles. The number of thiocarbonyl (C=S) groups is 1. The van der Waals surface area contributed by atoms with Crippen LogP contribution in [0, 0.1) is 17.0 Å². The Kier molecular flexibility index (Phi) is 5.97. The van der Waals surface area contributed by atoms with Gasteiger partial charge in [-0.25, -0.2) is 0 Å². The second-order valence-electron chi connectivity index (χ2n) is 5.24. The second kappa shape index (κ2) is 8.16. The van der Waals surface area contributed by atoms with Crippen LogP contribution in [0.15, 0.2) is 61.4 Å². The third-order valence-electron chi connectivity index (χ3n) is 3.50. The maximum absolute atomic E-state index is 11.2. The van der Waals surface area contributed by atoms with Gasteiger partial charge in [0.25, 0.3) is 11.4 Å². The van der Waals surface area contributed by atoms with Gasteiger partial charge in [-0.3, -0.25) is 10.1 Å². The van der Waals surface area contributed by atoms with E-state index in [0.717, 1.165) is 0 Å². The van der Waals surface area contributed by atoms with Crippen LogP contribution in [-0.4, -0.2) is 21.6 Å². The smallest absolute Gasteiger partial charge is 0.288 e. The molecule has 0 saturated heterocycles. The summed E-state index contributed by atoms with van der Waals surface area (Å²) in [5, 5.41) is 24.9. The maximum atomic E-state index is 11.2. The van der Waals surface area contributed by atoms with Crippen LogP contribution in [0.2, 0.25) is 0 Å². The van der Waals surface area contributed by atoms with Gasteiger partial charge in [-0.05, 0) is 6.92 Å². The molecule has 0 unspecified atom stereocenters. The molecule has 0 amide bonds. The van der Waals surface area contributed by atoms with Crippen LogP contribution < -0.4 is 9.88 Å². The fraction of sp³-hybridized carbons (Fsp3) is 0.111. The molecule has 1 heterocycles. The van der Waals surface area contributed by atoms with E-state index in [-0.39, 0.29) is 11.4 Å². The first-order valence-corrected chi connectivity index (χ1v) is 7.91. The molecule has 7 heteroatoms. The minimum absolute atomic E-state index is 0.0635. The Labute approximate surface area is 150 Å². The summed E-state index contributed by atoms with van der Waals surface area (Å²) in [6.07, 6.45) is 5.11. The van der Waals surface area contributed by atoms with Crippen molar-refractivity contribution in [3.8, 4) is 0 Å². The van der Waals surface area contributed by atoms with Crippen molar-refractivity contribution in [2.24, 2.45) is 0 Å². The molecule has 0 bridgehead atoms. The lowest BCUT2D eigenvalue weighted by atomic mass is 10.1. The molecule has 128 valence electrons. The molecule has 2 N–H and O–H groups in total. The molecule has 1 aromatic carbocycles. The molecule has 2 aromatic rings. The van der Waals surface area contributed by atoms with E-state index in [1.54, 1.807) is 54.2 Å². The topological polar surface area (TPSA) is 79.3 Å². The first-order valence-electron chi connectivity index (χ1n) is 7.50. The van der Waals surface area contributed by atoms with Gasteiger partial charge in [0.05, 0.1) is 4.92 Å². The highest BCUT2D eigenvalue weighted by molar-refractivity contribution is 7.81. The average Bonchev–Trinajstić information content (AvgIpc) is 2.61. The van der Waals surface area contributed by atoms with Crippen molar-refractivity contribution in [3.05, 3.63) is 82.7 Å². The van der Waals surface area contributed by atoms with Crippen molar-refractivity contribution >= 4 is 34.3 Å². The molecule has 2 rings (SSSR count). The number of nitrogens with zero attached hydrogens (tertiary/aromatic N) is 2. The third-order valence-corrected chi connectivity index (χ3v) is 3.84.